The van der Waals surface area contributed by atoms with Crippen LogP contribution in [0.15, 0.2) is 30.3 Å². The Balaban J connectivity index is 1.86. The minimum atomic E-state index is -0.0411. The zero-order valence-electron chi connectivity index (χ0n) is 10.9. The Morgan fingerprint density at radius 2 is 2.11 bits per heavy atom. The first-order chi connectivity index (χ1) is 8.81. The summed E-state index contributed by atoms with van der Waals surface area (Å²) in [6.07, 6.45) is 3.12. The molecular weight excluding hydrogens is 226 g/mol. The van der Waals surface area contributed by atoms with Gasteiger partial charge in [-0.1, -0.05) is 36.8 Å². The average molecular weight is 247 g/mol. The van der Waals surface area contributed by atoms with Crippen molar-refractivity contribution >= 4 is 5.97 Å². The molecule has 1 aliphatic carbocycles. The van der Waals surface area contributed by atoms with Crippen LogP contribution in [0, 0.1) is 5.92 Å². The molecule has 98 valence electrons. The first-order valence-electron chi connectivity index (χ1n) is 6.75. The number of esters is 1. The lowest BCUT2D eigenvalue weighted by Crippen LogP contribution is -2.36. The van der Waals surface area contributed by atoms with E-state index in [1.165, 1.54) is 5.56 Å². The number of benzene rings is 1. The lowest BCUT2D eigenvalue weighted by atomic mass is 10.0. The Morgan fingerprint density at radius 1 is 1.33 bits per heavy atom. The summed E-state index contributed by atoms with van der Waals surface area (Å²) in [5.74, 6) is -0.00535. The van der Waals surface area contributed by atoms with Gasteiger partial charge in [0, 0.05) is 12.6 Å². The summed E-state index contributed by atoms with van der Waals surface area (Å²) in [4.78, 5) is 11.8. The standard InChI is InChI=1S/C15H21NO2/c1-2-18-15(17)13-9-6-10-14(13)16-11-12-7-4-3-5-8-12/h3-5,7-8,13-14,16H,2,6,9-11H2,1H3. The first-order valence-corrected chi connectivity index (χ1v) is 6.75. The van der Waals surface area contributed by atoms with Crippen LogP contribution in [0.1, 0.15) is 31.7 Å². The summed E-state index contributed by atoms with van der Waals surface area (Å²) in [6.45, 7) is 3.15. The Labute approximate surface area is 109 Å². The van der Waals surface area contributed by atoms with Gasteiger partial charge >= 0.3 is 5.97 Å². The van der Waals surface area contributed by atoms with E-state index in [0.717, 1.165) is 25.8 Å². The third-order valence-electron chi connectivity index (χ3n) is 3.52. The summed E-state index contributed by atoms with van der Waals surface area (Å²) in [7, 11) is 0. The predicted molar refractivity (Wildman–Crippen MR) is 71.0 cm³/mol. The van der Waals surface area contributed by atoms with E-state index in [-0.39, 0.29) is 17.9 Å². The molecule has 2 unspecified atom stereocenters. The van der Waals surface area contributed by atoms with Gasteiger partial charge in [0.05, 0.1) is 12.5 Å². The van der Waals surface area contributed by atoms with Crippen LogP contribution < -0.4 is 5.32 Å². The highest BCUT2D eigenvalue weighted by Crippen LogP contribution is 2.27. The van der Waals surface area contributed by atoms with Crippen molar-refractivity contribution in [1.29, 1.82) is 0 Å². The van der Waals surface area contributed by atoms with Gasteiger partial charge in [0.15, 0.2) is 0 Å². The van der Waals surface area contributed by atoms with E-state index < -0.39 is 0 Å². The molecule has 1 N–H and O–H groups in total. The smallest absolute Gasteiger partial charge is 0.310 e. The molecule has 0 spiro atoms. The van der Waals surface area contributed by atoms with Gasteiger partial charge in [-0.3, -0.25) is 4.79 Å². The second kappa shape index (κ2) is 6.55. The van der Waals surface area contributed by atoms with Crippen LogP contribution in [0.2, 0.25) is 0 Å². The Hall–Kier alpha value is -1.35. The maximum absolute atomic E-state index is 11.8. The van der Waals surface area contributed by atoms with E-state index in [0.29, 0.717) is 6.61 Å². The molecule has 0 saturated heterocycles. The molecule has 1 saturated carbocycles. The molecule has 0 aliphatic heterocycles. The van der Waals surface area contributed by atoms with Crippen molar-refractivity contribution in [3.8, 4) is 0 Å². The lowest BCUT2D eigenvalue weighted by molar-refractivity contribution is -0.148. The molecule has 1 aliphatic rings. The highest BCUT2D eigenvalue weighted by molar-refractivity contribution is 5.73. The van der Waals surface area contributed by atoms with E-state index in [1.807, 2.05) is 25.1 Å². The highest BCUT2D eigenvalue weighted by Gasteiger charge is 2.33. The van der Waals surface area contributed by atoms with Crippen molar-refractivity contribution < 1.29 is 9.53 Å². The Bertz CT molecular complexity index is 377. The first kappa shape index (κ1) is 13.1. The average Bonchev–Trinajstić information content (AvgIpc) is 2.86. The van der Waals surface area contributed by atoms with Crippen molar-refractivity contribution in [2.45, 2.75) is 38.8 Å². The van der Waals surface area contributed by atoms with E-state index in [9.17, 15) is 4.79 Å². The highest BCUT2D eigenvalue weighted by atomic mass is 16.5. The van der Waals surface area contributed by atoms with E-state index in [4.69, 9.17) is 4.74 Å². The molecule has 0 heterocycles. The number of nitrogens with one attached hydrogen (secondary N) is 1. The zero-order chi connectivity index (χ0) is 12.8. The summed E-state index contributed by atoms with van der Waals surface area (Å²) in [6, 6.07) is 10.6. The summed E-state index contributed by atoms with van der Waals surface area (Å²) in [5, 5.41) is 3.49. The molecular formula is C15H21NO2. The van der Waals surface area contributed by atoms with Crippen molar-refractivity contribution in [2.24, 2.45) is 5.92 Å². The molecule has 1 aromatic carbocycles. The van der Waals surface area contributed by atoms with Gasteiger partial charge in [-0.05, 0) is 25.3 Å². The second-order valence-electron chi connectivity index (χ2n) is 4.76. The fourth-order valence-electron chi connectivity index (χ4n) is 2.58. The van der Waals surface area contributed by atoms with Gasteiger partial charge in [0.1, 0.15) is 0 Å². The van der Waals surface area contributed by atoms with Gasteiger partial charge < -0.3 is 10.1 Å². The Kier molecular flexibility index (Phi) is 4.76. The van der Waals surface area contributed by atoms with Crippen LogP contribution in [-0.4, -0.2) is 18.6 Å². The minimum Gasteiger partial charge on any atom is -0.466 e. The number of hydrogen-bond acceptors (Lipinski definition) is 3. The lowest BCUT2D eigenvalue weighted by Gasteiger charge is -2.19. The van der Waals surface area contributed by atoms with Gasteiger partial charge in [-0.2, -0.15) is 0 Å². The minimum absolute atomic E-state index is 0.0358. The van der Waals surface area contributed by atoms with Crippen molar-refractivity contribution in [2.75, 3.05) is 6.61 Å². The molecule has 2 atom stereocenters. The Morgan fingerprint density at radius 3 is 2.83 bits per heavy atom. The van der Waals surface area contributed by atoms with Gasteiger partial charge in [0.25, 0.3) is 0 Å². The van der Waals surface area contributed by atoms with Crippen LogP contribution in [-0.2, 0) is 16.1 Å². The van der Waals surface area contributed by atoms with Crippen LogP contribution >= 0.6 is 0 Å². The molecule has 0 aromatic heterocycles. The largest absolute Gasteiger partial charge is 0.466 e. The van der Waals surface area contributed by atoms with Gasteiger partial charge in [0.2, 0.25) is 0 Å². The second-order valence-corrected chi connectivity index (χ2v) is 4.76. The molecule has 3 heteroatoms. The predicted octanol–water partition coefficient (Wildman–Crippen LogP) is 2.51. The summed E-state index contributed by atoms with van der Waals surface area (Å²) in [5.41, 5.74) is 1.26. The van der Waals surface area contributed by atoms with E-state index in [2.05, 4.69) is 17.4 Å². The zero-order valence-corrected chi connectivity index (χ0v) is 10.9. The summed E-state index contributed by atoms with van der Waals surface area (Å²) < 4.78 is 5.13. The van der Waals surface area contributed by atoms with E-state index in [1.54, 1.807) is 0 Å². The van der Waals surface area contributed by atoms with Gasteiger partial charge in [-0.15, -0.1) is 0 Å². The van der Waals surface area contributed by atoms with Crippen LogP contribution in [0.3, 0.4) is 0 Å². The van der Waals surface area contributed by atoms with Crippen LogP contribution in [0.5, 0.6) is 0 Å². The van der Waals surface area contributed by atoms with Crippen molar-refractivity contribution in [3.63, 3.8) is 0 Å². The van der Waals surface area contributed by atoms with Crippen LogP contribution in [0.25, 0.3) is 0 Å². The van der Waals surface area contributed by atoms with E-state index >= 15 is 0 Å². The normalized spacial score (nSPS) is 22.9. The van der Waals surface area contributed by atoms with Crippen LogP contribution in [0.4, 0.5) is 0 Å². The molecule has 18 heavy (non-hydrogen) atoms. The van der Waals surface area contributed by atoms with Crippen molar-refractivity contribution in [1.82, 2.24) is 5.32 Å². The number of hydrogen-bond donors (Lipinski definition) is 1. The fraction of sp³-hybridized carbons (Fsp3) is 0.533. The third-order valence-corrected chi connectivity index (χ3v) is 3.52. The molecule has 1 fully saturated rings. The topological polar surface area (TPSA) is 38.3 Å². The van der Waals surface area contributed by atoms with Crippen molar-refractivity contribution in [3.05, 3.63) is 35.9 Å². The molecule has 0 bridgehead atoms. The summed E-state index contributed by atoms with van der Waals surface area (Å²) >= 11 is 0. The number of carbonyl (C=O) groups is 1. The molecule has 0 radical (unpaired) electrons. The molecule has 3 nitrogen and oxygen atoms in total. The molecule has 0 amide bonds. The fourth-order valence-corrected chi connectivity index (χ4v) is 2.58. The SMILES string of the molecule is CCOC(=O)C1CCCC1NCc1ccccc1. The molecule has 1 aromatic rings. The number of rotatable bonds is 5. The maximum Gasteiger partial charge on any atom is 0.310 e. The maximum atomic E-state index is 11.8. The number of ether oxygens (including phenoxy) is 1. The quantitative estimate of drug-likeness (QED) is 0.812. The number of carbonyl (C=O) groups excluding carboxylic acids is 1. The third kappa shape index (κ3) is 3.33. The molecule has 2 rings (SSSR count). The van der Waals surface area contributed by atoms with Gasteiger partial charge in [-0.25, -0.2) is 0 Å². The monoisotopic (exact) mass is 247 g/mol.